The van der Waals surface area contributed by atoms with E-state index in [2.05, 4.69) is 5.32 Å². The minimum atomic E-state index is -0.675. The van der Waals surface area contributed by atoms with Gasteiger partial charge in [-0.25, -0.2) is 4.79 Å². The fraction of sp³-hybridized carbons (Fsp3) is 0.133. The number of hydrogen-bond acceptors (Lipinski definition) is 5. The number of methoxy groups -OCH3 is 1. The molecule has 114 valence electrons. The Hall–Kier alpha value is -3.09. The first-order valence-corrected chi connectivity index (χ1v) is 6.38. The van der Waals surface area contributed by atoms with Crippen molar-refractivity contribution in [2.45, 2.75) is 0 Å². The monoisotopic (exact) mass is 302 g/mol. The number of aromatic nitrogens is 1. The summed E-state index contributed by atoms with van der Waals surface area (Å²) in [4.78, 5) is 23.3. The van der Waals surface area contributed by atoms with Crippen LogP contribution in [0.4, 0.5) is 5.69 Å². The molecule has 0 bridgehead atoms. The van der Waals surface area contributed by atoms with Crippen LogP contribution < -0.4 is 14.8 Å². The molecule has 0 aliphatic carbocycles. The lowest BCUT2D eigenvalue weighted by molar-refractivity contribution is -0.605. The number of benzene rings is 1. The van der Waals surface area contributed by atoms with Gasteiger partial charge in [0, 0.05) is 17.8 Å². The molecule has 1 amide bonds. The van der Waals surface area contributed by atoms with Gasteiger partial charge in [0.25, 0.3) is 5.91 Å². The van der Waals surface area contributed by atoms with Crippen LogP contribution in [0.3, 0.4) is 0 Å². The maximum Gasteiger partial charge on any atom is 0.339 e. The van der Waals surface area contributed by atoms with Gasteiger partial charge in [-0.3, -0.25) is 4.79 Å². The largest absolute Gasteiger partial charge is 0.619 e. The van der Waals surface area contributed by atoms with Crippen molar-refractivity contribution in [1.29, 1.82) is 0 Å². The Balaban J connectivity index is 1.84. The average molecular weight is 302 g/mol. The lowest BCUT2D eigenvalue weighted by Crippen LogP contribution is -2.25. The number of pyridine rings is 1. The quantitative estimate of drug-likeness (QED) is 0.508. The number of ether oxygens (including phenoxy) is 2. The molecule has 0 saturated carbocycles. The predicted octanol–water partition coefficient (Wildman–Crippen LogP) is 1.12. The number of carbonyl (C=O) groups excluding carboxylic acids is 2. The predicted molar refractivity (Wildman–Crippen MR) is 77.3 cm³/mol. The topological polar surface area (TPSA) is 91.6 Å². The lowest BCUT2D eigenvalue weighted by Gasteiger charge is -2.07. The first-order valence-electron chi connectivity index (χ1n) is 6.38. The second-order valence-electron chi connectivity index (χ2n) is 4.30. The van der Waals surface area contributed by atoms with Crippen LogP contribution >= 0.6 is 0 Å². The molecular weight excluding hydrogens is 288 g/mol. The molecule has 22 heavy (non-hydrogen) atoms. The Bertz CT molecular complexity index is 653. The summed E-state index contributed by atoms with van der Waals surface area (Å²) in [6.07, 6.45) is 2.35. The molecule has 7 heteroatoms. The van der Waals surface area contributed by atoms with Crippen LogP contribution in [0.1, 0.15) is 10.4 Å². The van der Waals surface area contributed by atoms with Crippen LogP contribution in [0.2, 0.25) is 0 Å². The summed E-state index contributed by atoms with van der Waals surface area (Å²) in [7, 11) is 1.55. The Morgan fingerprint density at radius 3 is 2.36 bits per heavy atom. The van der Waals surface area contributed by atoms with Crippen LogP contribution in [0.25, 0.3) is 0 Å². The van der Waals surface area contributed by atoms with Crippen LogP contribution in [0.15, 0.2) is 48.8 Å². The van der Waals surface area contributed by atoms with E-state index in [1.807, 2.05) is 0 Å². The van der Waals surface area contributed by atoms with Gasteiger partial charge in [0.1, 0.15) is 5.75 Å². The van der Waals surface area contributed by atoms with Gasteiger partial charge < -0.3 is 20.0 Å². The first kappa shape index (κ1) is 15.3. The van der Waals surface area contributed by atoms with Crippen molar-refractivity contribution in [3.8, 4) is 5.75 Å². The van der Waals surface area contributed by atoms with E-state index in [1.54, 1.807) is 31.4 Å². The molecule has 0 aliphatic rings. The van der Waals surface area contributed by atoms with E-state index in [4.69, 9.17) is 9.47 Å². The van der Waals surface area contributed by atoms with E-state index in [1.165, 1.54) is 24.5 Å². The standard InChI is InChI=1S/C15H14N2O5/c1-21-13-4-2-12(3-5-13)16-14(18)10-22-15(19)11-6-8-17(20)9-7-11/h2-9H,10H2,1H3,(H,16,18). The van der Waals surface area contributed by atoms with Gasteiger partial charge in [0.15, 0.2) is 19.0 Å². The third kappa shape index (κ3) is 4.20. The molecular formula is C15H14N2O5. The molecule has 1 aromatic carbocycles. The van der Waals surface area contributed by atoms with Crippen molar-refractivity contribution < 1.29 is 23.8 Å². The number of amides is 1. The van der Waals surface area contributed by atoms with E-state index in [-0.39, 0.29) is 5.56 Å². The molecule has 2 aromatic rings. The molecule has 7 nitrogen and oxygen atoms in total. The minimum Gasteiger partial charge on any atom is -0.619 e. The van der Waals surface area contributed by atoms with Gasteiger partial charge in [0.2, 0.25) is 0 Å². The second-order valence-corrected chi connectivity index (χ2v) is 4.30. The van der Waals surface area contributed by atoms with Crippen molar-refractivity contribution in [3.63, 3.8) is 0 Å². The van der Waals surface area contributed by atoms with Gasteiger partial charge in [-0.1, -0.05) is 0 Å². The summed E-state index contributed by atoms with van der Waals surface area (Å²) in [5.41, 5.74) is 0.762. The van der Waals surface area contributed by atoms with Gasteiger partial charge >= 0.3 is 5.97 Å². The molecule has 0 radical (unpaired) electrons. The summed E-state index contributed by atoms with van der Waals surface area (Å²) in [5.74, 6) is -0.470. The van der Waals surface area contributed by atoms with Gasteiger partial charge in [-0.05, 0) is 24.3 Å². The van der Waals surface area contributed by atoms with Crippen molar-refractivity contribution in [3.05, 3.63) is 59.6 Å². The van der Waals surface area contributed by atoms with E-state index in [0.717, 1.165) is 0 Å². The van der Waals surface area contributed by atoms with E-state index >= 15 is 0 Å². The third-order valence-electron chi connectivity index (χ3n) is 2.75. The Labute approximate surface area is 126 Å². The maximum absolute atomic E-state index is 11.7. The zero-order valence-corrected chi connectivity index (χ0v) is 11.8. The molecule has 0 unspecified atom stereocenters. The van der Waals surface area contributed by atoms with Crippen molar-refractivity contribution in [1.82, 2.24) is 0 Å². The molecule has 2 rings (SSSR count). The number of nitrogens with one attached hydrogen (secondary N) is 1. The van der Waals surface area contributed by atoms with Gasteiger partial charge in [0.05, 0.1) is 12.7 Å². The molecule has 0 spiro atoms. The summed E-state index contributed by atoms with van der Waals surface area (Å²) in [6, 6.07) is 9.37. The highest BCUT2D eigenvalue weighted by Crippen LogP contribution is 2.14. The van der Waals surface area contributed by atoms with E-state index < -0.39 is 18.5 Å². The van der Waals surface area contributed by atoms with Crippen LogP contribution in [-0.4, -0.2) is 25.6 Å². The second kappa shape index (κ2) is 7.07. The SMILES string of the molecule is COc1ccc(NC(=O)COC(=O)c2cc[n+]([O-])cc2)cc1. The highest BCUT2D eigenvalue weighted by atomic mass is 16.5. The molecule has 1 N–H and O–H groups in total. The average Bonchev–Trinajstić information content (AvgIpc) is 2.54. The molecule has 1 aromatic heterocycles. The minimum absolute atomic E-state index is 0.198. The Morgan fingerprint density at radius 1 is 1.14 bits per heavy atom. The fourth-order valence-corrected chi connectivity index (χ4v) is 1.63. The number of hydrogen-bond donors (Lipinski definition) is 1. The smallest absolute Gasteiger partial charge is 0.339 e. The number of nitrogens with zero attached hydrogens (tertiary/aromatic N) is 1. The zero-order valence-electron chi connectivity index (χ0n) is 11.8. The number of carbonyl (C=O) groups is 2. The molecule has 0 fully saturated rings. The van der Waals surface area contributed by atoms with Crippen LogP contribution in [0.5, 0.6) is 5.75 Å². The number of rotatable bonds is 5. The van der Waals surface area contributed by atoms with Crippen molar-refractivity contribution >= 4 is 17.6 Å². The molecule has 1 heterocycles. The van der Waals surface area contributed by atoms with Crippen molar-refractivity contribution in [2.24, 2.45) is 0 Å². The van der Waals surface area contributed by atoms with Crippen LogP contribution in [0, 0.1) is 5.21 Å². The normalized spacial score (nSPS) is 9.86. The highest BCUT2D eigenvalue weighted by molar-refractivity contribution is 5.95. The number of anilines is 1. The Kier molecular flexibility index (Phi) is 4.92. The number of esters is 1. The van der Waals surface area contributed by atoms with Gasteiger partial charge in [-0.2, -0.15) is 4.73 Å². The zero-order chi connectivity index (χ0) is 15.9. The van der Waals surface area contributed by atoms with E-state index in [9.17, 15) is 14.8 Å². The first-order chi connectivity index (χ1) is 10.6. The van der Waals surface area contributed by atoms with Gasteiger partial charge in [-0.15, -0.1) is 0 Å². The van der Waals surface area contributed by atoms with Crippen LogP contribution in [-0.2, 0) is 9.53 Å². The highest BCUT2D eigenvalue weighted by Gasteiger charge is 2.11. The summed E-state index contributed by atoms with van der Waals surface area (Å²) >= 11 is 0. The third-order valence-corrected chi connectivity index (χ3v) is 2.75. The summed E-state index contributed by atoms with van der Waals surface area (Å²) in [5, 5.41) is 13.4. The van der Waals surface area contributed by atoms with Crippen molar-refractivity contribution in [2.75, 3.05) is 19.0 Å². The maximum atomic E-state index is 11.7. The Morgan fingerprint density at radius 2 is 1.77 bits per heavy atom. The fourth-order valence-electron chi connectivity index (χ4n) is 1.63. The van der Waals surface area contributed by atoms with E-state index in [0.29, 0.717) is 16.2 Å². The summed E-state index contributed by atoms with van der Waals surface area (Å²) in [6.45, 7) is -0.420. The molecule has 0 atom stereocenters. The lowest BCUT2D eigenvalue weighted by atomic mass is 10.3. The molecule has 0 saturated heterocycles. The molecule has 0 aliphatic heterocycles. The summed E-state index contributed by atoms with van der Waals surface area (Å²) < 4.78 is 10.4.